The normalized spacial score (nSPS) is 18.4. The second-order valence-corrected chi connectivity index (χ2v) is 5.91. The molecule has 2 aromatic carbocycles. The highest BCUT2D eigenvalue weighted by atomic mass is 16.5. The number of aryl methyl sites for hydroxylation is 1. The van der Waals surface area contributed by atoms with Crippen molar-refractivity contribution in [2.24, 2.45) is 0 Å². The first kappa shape index (κ1) is 14.6. The predicted octanol–water partition coefficient (Wildman–Crippen LogP) is 2.66. The number of benzene rings is 2. The van der Waals surface area contributed by atoms with E-state index >= 15 is 0 Å². The van der Waals surface area contributed by atoms with Gasteiger partial charge < -0.3 is 5.21 Å². The number of anilines is 1. The lowest BCUT2D eigenvalue weighted by molar-refractivity contribution is -0.517. The fourth-order valence-corrected chi connectivity index (χ4v) is 2.88. The van der Waals surface area contributed by atoms with Crippen LogP contribution in [0.5, 0.6) is 0 Å². The van der Waals surface area contributed by atoms with Crippen LogP contribution in [0.2, 0.25) is 0 Å². The summed E-state index contributed by atoms with van der Waals surface area (Å²) in [6.45, 7) is 2.68. The van der Waals surface area contributed by atoms with Crippen LogP contribution in [0.15, 0.2) is 54.6 Å². The molecule has 0 spiro atoms. The molecule has 0 radical (unpaired) electrons. The third-order valence-corrected chi connectivity index (χ3v) is 4.01. The third-order valence-electron chi connectivity index (χ3n) is 4.01. The zero-order valence-corrected chi connectivity index (χ0v) is 13.2. The SMILES string of the molecule is Cc1ccc(N2CC(c3ccccc3)=[N+]([O-])C2N(C)C)cc1. The fraction of sp³-hybridized carbons (Fsp3) is 0.278. The van der Waals surface area contributed by atoms with Crippen LogP contribution in [-0.2, 0) is 0 Å². The number of hydrogen-bond donors (Lipinski definition) is 0. The van der Waals surface area contributed by atoms with Crippen LogP contribution in [0, 0.1) is 12.1 Å². The first-order valence-corrected chi connectivity index (χ1v) is 7.45. The van der Waals surface area contributed by atoms with Crippen LogP contribution >= 0.6 is 0 Å². The van der Waals surface area contributed by atoms with Crippen molar-refractivity contribution in [3.05, 3.63) is 70.9 Å². The van der Waals surface area contributed by atoms with Gasteiger partial charge in [-0.1, -0.05) is 35.9 Å². The van der Waals surface area contributed by atoms with Crippen molar-refractivity contribution in [3.63, 3.8) is 0 Å². The molecule has 0 saturated carbocycles. The topological polar surface area (TPSA) is 32.5 Å². The Balaban J connectivity index is 1.99. The second kappa shape index (κ2) is 5.81. The van der Waals surface area contributed by atoms with E-state index in [9.17, 15) is 5.21 Å². The lowest BCUT2D eigenvalue weighted by Gasteiger charge is -2.28. The second-order valence-electron chi connectivity index (χ2n) is 5.91. The molecule has 1 unspecified atom stereocenters. The van der Waals surface area contributed by atoms with E-state index in [2.05, 4.69) is 36.1 Å². The Morgan fingerprint density at radius 3 is 2.27 bits per heavy atom. The van der Waals surface area contributed by atoms with E-state index in [1.807, 2.05) is 49.3 Å². The molecular formula is C18H21N3O. The monoisotopic (exact) mass is 295 g/mol. The summed E-state index contributed by atoms with van der Waals surface area (Å²) in [6.07, 6.45) is -0.321. The van der Waals surface area contributed by atoms with Gasteiger partial charge in [-0.05, 0) is 45.3 Å². The van der Waals surface area contributed by atoms with Crippen LogP contribution in [0.4, 0.5) is 5.69 Å². The van der Waals surface area contributed by atoms with E-state index in [-0.39, 0.29) is 6.29 Å². The van der Waals surface area contributed by atoms with E-state index in [0.29, 0.717) is 6.54 Å². The van der Waals surface area contributed by atoms with Gasteiger partial charge in [-0.25, -0.2) is 4.90 Å². The first-order valence-electron chi connectivity index (χ1n) is 7.45. The molecule has 114 valence electrons. The van der Waals surface area contributed by atoms with Crippen molar-refractivity contribution >= 4 is 11.4 Å². The minimum absolute atomic E-state index is 0.321. The quantitative estimate of drug-likeness (QED) is 0.644. The summed E-state index contributed by atoms with van der Waals surface area (Å²) < 4.78 is 1.12. The number of hydrogen-bond acceptors (Lipinski definition) is 3. The van der Waals surface area contributed by atoms with Crippen LogP contribution in [0.25, 0.3) is 0 Å². The Morgan fingerprint density at radius 2 is 1.68 bits per heavy atom. The van der Waals surface area contributed by atoms with Crippen molar-refractivity contribution < 1.29 is 4.74 Å². The van der Waals surface area contributed by atoms with E-state index in [1.54, 1.807) is 0 Å². The maximum Gasteiger partial charge on any atom is 0.301 e. The van der Waals surface area contributed by atoms with E-state index in [0.717, 1.165) is 21.7 Å². The fourth-order valence-electron chi connectivity index (χ4n) is 2.88. The van der Waals surface area contributed by atoms with Crippen molar-refractivity contribution in [3.8, 4) is 0 Å². The molecular weight excluding hydrogens is 274 g/mol. The Kier molecular flexibility index (Phi) is 3.86. The van der Waals surface area contributed by atoms with Gasteiger partial charge in [-0.3, -0.25) is 4.90 Å². The lowest BCUT2D eigenvalue weighted by Crippen LogP contribution is -2.46. The number of nitrogens with zero attached hydrogens (tertiary/aromatic N) is 3. The molecule has 1 aliphatic heterocycles. The summed E-state index contributed by atoms with van der Waals surface area (Å²) in [4.78, 5) is 4.08. The zero-order chi connectivity index (χ0) is 15.7. The van der Waals surface area contributed by atoms with Crippen LogP contribution < -0.4 is 4.90 Å². The number of rotatable bonds is 3. The summed E-state index contributed by atoms with van der Waals surface area (Å²) >= 11 is 0. The molecule has 3 rings (SSSR count). The summed E-state index contributed by atoms with van der Waals surface area (Å²) in [5, 5.41) is 12.8. The summed E-state index contributed by atoms with van der Waals surface area (Å²) in [5.74, 6) is 0. The van der Waals surface area contributed by atoms with E-state index in [1.165, 1.54) is 5.56 Å². The Hall–Kier alpha value is -2.33. The minimum atomic E-state index is -0.321. The molecule has 1 atom stereocenters. The molecule has 1 aliphatic rings. The van der Waals surface area contributed by atoms with Crippen molar-refractivity contribution in [2.75, 3.05) is 25.5 Å². The maximum atomic E-state index is 12.8. The van der Waals surface area contributed by atoms with Gasteiger partial charge >= 0.3 is 6.29 Å². The third kappa shape index (κ3) is 2.57. The Morgan fingerprint density at radius 1 is 1.05 bits per heavy atom. The van der Waals surface area contributed by atoms with Gasteiger partial charge in [0.15, 0.2) is 0 Å². The summed E-state index contributed by atoms with van der Waals surface area (Å²) in [6, 6.07) is 18.2. The summed E-state index contributed by atoms with van der Waals surface area (Å²) in [5.41, 5.74) is 4.07. The van der Waals surface area contributed by atoms with Crippen LogP contribution in [0.3, 0.4) is 0 Å². The van der Waals surface area contributed by atoms with E-state index < -0.39 is 0 Å². The molecule has 4 nitrogen and oxygen atoms in total. The van der Waals surface area contributed by atoms with Crippen molar-refractivity contribution in [1.29, 1.82) is 0 Å². The predicted molar refractivity (Wildman–Crippen MR) is 90.2 cm³/mol. The Labute approximate surface area is 131 Å². The largest absolute Gasteiger partial charge is 0.621 e. The average Bonchev–Trinajstić information content (AvgIpc) is 2.86. The van der Waals surface area contributed by atoms with Gasteiger partial charge in [-0.15, -0.1) is 0 Å². The molecule has 0 amide bonds. The molecule has 0 aromatic heterocycles. The first-order chi connectivity index (χ1) is 10.6. The van der Waals surface area contributed by atoms with Gasteiger partial charge in [0.25, 0.3) is 0 Å². The molecule has 0 bridgehead atoms. The molecule has 0 N–H and O–H groups in total. The highest BCUT2D eigenvalue weighted by Gasteiger charge is 2.39. The van der Waals surface area contributed by atoms with Crippen LogP contribution in [0.1, 0.15) is 11.1 Å². The maximum absolute atomic E-state index is 12.8. The molecule has 4 heteroatoms. The van der Waals surface area contributed by atoms with Gasteiger partial charge in [0.2, 0.25) is 5.71 Å². The smallest absolute Gasteiger partial charge is 0.301 e. The minimum Gasteiger partial charge on any atom is -0.621 e. The molecule has 1 heterocycles. The molecule has 2 aromatic rings. The molecule has 0 aliphatic carbocycles. The van der Waals surface area contributed by atoms with Gasteiger partial charge in [0.05, 0.1) is 0 Å². The van der Waals surface area contributed by atoms with Crippen molar-refractivity contribution in [2.45, 2.75) is 13.2 Å². The van der Waals surface area contributed by atoms with Crippen molar-refractivity contribution in [1.82, 2.24) is 4.90 Å². The standard InChI is InChI=1S/C18H21N3O/c1-14-9-11-16(12-10-14)20-13-17(15-7-5-4-6-8-15)21(22)18(20)19(2)3/h4-12,18H,13H2,1-3H3. The van der Waals surface area contributed by atoms with Crippen LogP contribution in [-0.4, -0.2) is 42.3 Å². The van der Waals surface area contributed by atoms with Gasteiger partial charge in [0, 0.05) is 11.3 Å². The molecule has 0 saturated heterocycles. The van der Waals surface area contributed by atoms with E-state index in [4.69, 9.17) is 0 Å². The molecule has 22 heavy (non-hydrogen) atoms. The summed E-state index contributed by atoms with van der Waals surface area (Å²) in [7, 11) is 3.87. The zero-order valence-electron chi connectivity index (χ0n) is 13.2. The van der Waals surface area contributed by atoms with Gasteiger partial charge in [-0.2, -0.15) is 4.74 Å². The average molecular weight is 295 g/mol. The highest BCUT2D eigenvalue weighted by molar-refractivity contribution is 6.01. The lowest BCUT2D eigenvalue weighted by atomic mass is 10.1. The number of hydroxylamine groups is 1. The molecule has 0 fully saturated rings. The van der Waals surface area contributed by atoms with Gasteiger partial charge in [0.1, 0.15) is 6.54 Å². The highest BCUT2D eigenvalue weighted by Crippen LogP contribution is 2.24. The Bertz CT molecular complexity index is 677.